The third-order valence-corrected chi connectivity index (χ3v) is 4.41. The summed E-state index contributed by atoms with van der Waals surface area (Å²) in [6.07, 6.45) is 6.70. The zero-order chi connectivity index (χ0) is 18.6. The fourth-order valence-corrected chi connectivity index (χ4v) is 3.33. The van der Waals surface area contributed by atoms with Crippen LogP contribution in [0.4, 0.5) is 4.79 Å². The maximum atomic E-state index is 12.3. The molecule has 3 amide bonds. The van der Waals surface area contributed by atoms with Gasteiger partial charge in [0.25, 0.3) is 11.1 Å². The van der Waals surface area contributed by atoms with Gasteiger partial charge >= 0.3 is 0 Å². The first-order chi connectivity index (χ1) is 11.9. The molecular formula is C16H13BrN2O5S. The van der Waals surface area contributed by atoms with Crippen molar-refractivity contribution in [1.29, 1.82) is 0 Å². The fraction of sp³-hybridized carbons (Fsp3) is 0.188. The lowest BCUT2D eigenvalue weighted by Gasteiger charge is -2.13. The summed E-state index contributed by atoms with van der Waals surface area (Å²) in [6.45, 7) is -0.466. The molecular weight excluding hydrogens is 412 g/mol. The van der Waals surface area contributed by atoms with Crippen LogP contribution in [-0.4, -0.2) is 42.2 Å². The second kappa shape index (κ2) is 8.09. The molecule has 0 radical (unpaired) electrons. The molecule has 0 aromatic heterocycles. The van der Waals surface area contributed by atoms with Gasteiger partial charge in [0, 0.05) is 10.0 Å². The molecule has 0 saturated carbocycles. The lowest BCUT2D eigenvalue weighted by atomic mass is 10.1. The van der Waals surface area contributed by atoms with Crippen molar-refractivity contribution in [3.63, 3.8) is 0 Å². The Labute approximate surface area is 156 Å². The van der Waals surface area contributed by atoms with Crippen LogP contribution in [0.5, 0.6) is 11.5 Å². The first kappa shape index (κ1) is 18.9. The van der Waals surface area contributed by atoms with Gasteiger partial charge < -0.3 is 15.2 Å². The molecule has 9 heteroatoms. The molecule has 1 fully saturated rings. The SMILES string of the molecule is C#CCOc1c(/C=C2\SC(=O)N(CC(N)=O)C2=O)cc(Br)cc1OC. The van der Waals surface area contributed by atoms with Gasteiger partial charge in [0.15, 0.2) is 11.5 Å². The van der Waals surface area contributed by atoms with Crippen molar-refractivity contribution in [2.24, 2.45) is 5.73 Å². The highest BCUT2D eigenvalue weighted by atomic mass is 79.9. The molecule has 0 atom stereocenters. The van der Waals surface area contributed by atoms with Gasteiger partial charge in [0.2, 0.25) is 5.91 Å². The second-order valence-corrected chi connectivity index (χ2v) is 6.66. The van der Waals surface area contributed by atoms with Crippen LogP contribution in [0.15, 0.2) is 21.5 Å². The summed E-state index contributed by atoms with van der Waals surface area (Å²) in [5, 5.41) is -0.567. The number of nitrogens with two attached hydrogens (primary N) is 1. The molecule has 7 nitrogen and oxygen atoms in total. The van der Waals surface area contributed by atoms with Gasteiger partial charge in [-0.25, -0.2) is 0 Å². The van der Waals surface area contributed by atoms with Crippen molar-refractivity contribution in [2.75, 3.05) is 20.3 Å². The first-order valence-corrected chi connectivity index (χ1v) is 8.45. The summed E-state index contributed by atoms with van der Waals surface area (Å²) >= 11 is 4.05. The van der Waals surface area contributed by atoms with Gasteiger partial charge in [0.05, 0.1) is 12.0 Å². The number of imide groups is 1. The summed E-state index contributed by atoms with van der Waals surface area (Å²) in [5.41, 5.74) is 5.55. The maximum Gasteiger partial charge on any atom is 0.294 e. The number of methoxy groups -OCH3 is 1. The van der Waals surface area contributed by atoms with Crippen LogP contribution < -0.4 is 15.2 Å². The number of rotatable bonds is 6. The minimum absolute atomic E-state index is 0.00197. The van der Waals surface area contributed by atoms with E-state index in [0.29, 0.717) is 33.3 Å². The number of carbonyl (C=O) groups is 3. The summed E-state index contributed by atoms with van der Waals surface area (Å²) in [5.74, 6) is 1.73. The van der Waals surface area contributed by atoms with E-state index in [1.807, 2.05) is 0 Å². The Morgan fingerprint density at radius 3 is 2.80 bits per heavy atom. The third-order valence-electron chi connectivity index (χ3n) is 3.04. The normalized spacial score (nSPS) is 15.4. The van der Waals surface area contributed by atoms with Gasteiger partial charge in [-0.15, -0.1) is 6.42 Å². The summed E-state index contributed by atoms with van der Waals surface area (Å²) in [7, 11) is 1.47. The lowest BCUT2D eigenvalue weighted by Crippen LogP contribution is -2.36. The molecule has 130 valence electrons. The average Bonchev–Trinajstić information content (AvgIpc) is 2.80. The standard InChI is InChI=1S/C16H13BrN2O5S/c1-3-4-24-14-9(5-10(17)7-11(14)23-2)6-12-15(21)19(8-13(18)20)16(22)25-12/h1,5-7H,4,8H2,2H3,(H2,18,20)/b12-6-. The molecule has 1 aliphatic heterocycles. The van der Waals surface area contributed by atoms with E-state index < -0.39 is 23.6 Å². The van der Waals surface area contributed by atoms with Crippen LogP contribution in [-0.2, 0) is 9.59 Å². The molecule has 1 saturated heterocycles. The Morgan fingerprint density at radius 1 is 1.48 bits per heavy atom. The zero-order valence-electron chi connectivity index (χ0n) is 13.1. The van der Waals surface area contributed by atoms with E-state index in [0.717, 1.165) is 4.90 Å². The summed E-state index contributed by atoms with van der Waals surface area (Å²) < 4.78 is 11.5. The number of hydrogen-bond donors (Lipinski definition) is 1. The van der Waals surface area contributed by atoms with Crippen molar-refractivity contribution in [3.05, 3.63) is 27.1 Å². The Bertz CT molecular complexity index is 815. The van der Waals surface area contributed by atoms with Crippen molar-refractivity contribution in [2.45, 2.75) is 0 Å². The lowest BCUT2D eigenvalue weighted by molar-refractivity contribution is -0.127. The van der Waals surface area contributed by atoms with Crippen molar-refractivity contribution in [3.8, 4) is 23.8 Å². The number of amides is 3. The molecule has 0 aliphatic carbocycles. The van der Waals surface area contributed by atoms with E-state index in [9.17, 15) is 14.4 Å². The Balaban J connectivity index is 2.45. The largest absolute Gasteiger partial charge is 0.493 e. The topological polar surface area (TPSA) is 98.9 Å². The van der Waals surface area contributed by atoms with Crippen molar-refractivity contribution in [1.82, 2.24) is 4.90 Å². The number of nitrogens with zero attached hydrogens (tertiary/aromatic N) is 1. The highest BCUT2D eigenvalue weighted by Crippen LogP contribution is 2.39. The zero-order valence-corrected chi connectivity index (χ0v) is 15.5. The number of benzene rings is 1. The minimum atomic E-state index is -0.772. The predicted octanol–water partition coefficient (Wildman–Crippen LogP) is 1.99. The quantitative estimate of drug-likeness (QED) is 0.553. The van der Waals surface area contributed by atoms with E-state index in [-0.39, 0.29) is 11.5 Å². The first-order valence-electron chi connectivity index (χ1n) is 6.84. The number of ether oxygens (including phenoxy) is 2. The fourth-order valence-electron chi connectivity index (χ4n) is 2.05. The van der Waals surface area contributed by atoms with E-state index in [1.165, 1.54) is 13.2 Å². The molecule has 1 aromatic rings. The van der Waals surface area contributed by atoms with Crippen LogP contribution in [0.2, 0.25) is 0 Å². The molecule has 25 heavy (non-hydrogen) atoms. The van der Waals surface area contributed by atoms with Gasteiger partial charge in [-0.2, -0.15) is 0 Å². The number of hydrogen-bond acceptors (Lipinski definition) is 6. The maximum absolute atomic E-state index is 12.3. The van der Waals surface area contributed by atoms with Crippen LogP contribution in [0.3, 0.4) is 0 Å². The predicted molar refractivity (Wildman–Crippen MR) is 96.9 cm³/mol. The van der Waals surface area contributed by atoms with Crippen molar-refractivity contribution < 1.29 is 23.9 Å². The van der Waals surface area contributed by atoms with Crippen LogP contribution in [0.1, 0.15) is 5.56 Å². The summed E-state index contributed by atoms with van der Waals surface area (Å²) in [6, 6.07) is 3.37. The number of terminal acetylenes is 1. The molecule has 1 heterocycles. The highest BCUT2D eigenvalue weighted by Gasteiger charge is 2.36. The summed E-state index contributed by atoms with van der Waals surface area (Å²) in [4.78, 5) is 36.1. The molecule has 2 N–H and O–H groups in total. The molecule has 2 rings (SSSR count). The molecule has 0 spiro atoms. The van der Waals surface area contributed by atoms with Gasteiger partial charge in [-0.05, 0) is 30.0 Å². The molecule has 0 unspecified atom stereocenters. The van der Waals surface area contributed by atoms with Crippen LogP contribution in [0, 0.1) is 12.3 Å². The monoisotopic (exact) mass is 424 g/mol. The Morgan fingerprint density at radius 2 is 2.20 bits per heavy atom. The van der Waals surface area contributed by atoms with Gasteiger partial charge in [-0.1, -0.05) is 21.9 Å². The smallest absolute Gasteiger partial charge is 0.294 e. The average molecular weight is 425 g/mol. The van der Waals surface area contributed by atoms with E-state index >= 15 is 0 Å². The van der Waals surface area contributed by atoms with Crippen LogP contribution >= 0.6 is 27.7 Å². The Hall–Kier alpha value is -2.44. The number of primary amides is 1. The van der Waals surface area contributed by atoms with E-state index in [4.69, 9.17) is 21.6 Å². The second-order valence-electron chi connectivity index (χ2n) is 4.75. The molecule has 1 aromatic carbocycles. The van der Waals surface area contributed by atoms with Crippen LogP contribution in [0.25, 0.3) is 6.08 Å². The minimum Gasteiger partial charge on any atom is -0.493 e. The van der Waals surface area contributed by atoms with E-state index in [1.54, 1.807) is 12.1 Å². The van der Waals surface area contributed by atoms with Gasteiger partial charge in [0.1, 0.15) is 13.2 Å². The highest BCUT2D eigenvalue weighted by molar-refractivity contribution is 9.10. The van der Waals surface area contributed by atoms with Gasteiger partial charge in [-0.3, -0.25) is 19.3 Å². The number of thioether (sulfide) groups is 1. The number of carbonyl (C=O) groups excluding carboxylic acids is 3. The Kier molecular flexibility index (Phi) is 6.12. The third kappa shape index (κ3) is 4.35. The number of halogens is 1. The molecule has 1 aliphatic rings. The van der Waals surface area contributed by atoms with E-state index in [2.05, 4.69) is 21.9 Å². The molecule has 0 bridgehead atoms. The van der Waals surface area contributed by atoms with Crippen molar-refractivity contribution >= 4 is 50.8 Å².